The Labute approximate surface area is 112 Å². The van der Waals surface area contributed by atoms with Crippen LogP contribution in [0.15, 0.2) is 17.4 Å². The van der Waals surface area contributed by atoms with Crippen LogP contribution in [0.25, 0.3) is 10.4 Å². The van der Waals surface area contributed by atoms with Gasteiger partial charge in [0.05, 0.1) is 11.8 Å². The Morgan fingerprint density at radius 3 is 2.95 bits per heavy atom. The van der Waals surface area contributed by atoms with E-state index in [-0.39, 0.29) is 5.60 Å². The lowest BCUT2D eigenvalue weighted by molar-refractivity contribution is -0.0341. The van der Waals surface area contributed by atoms with Crippen molar-refractivity contribution < 1.29 is 4.74 Å². The summed E-state index contributed by atoms with van der Waals surface area (Å²) in [6.07, 6.45) is 7.00. The summed E-state index contributed by atoms with van der Waals surface area (Å²) in [5, 5.41) is 3.59. The first-order chi connectivity index (χ1) is 9.29. The average Bonchev–Trinajstić information content (AvgIpc) is 2.49. The number of anilines is 1. The lowest BCUT2D eigenvalue weighted by Crippen LogP contribution is -2.46. The molecule has 7 nitrogen and oxygen atoms in total. The molecule has 1 aromatic heterocycles. The number of azide groups is 1. The number of hydrogen-bond acceptors (Lipinski definition) is 5. The SMILES string of the molecule is COC1(CCN=[N+]=[N-])CCN(c2n[c]ccn2)CC1. The molecule has 1 aliphatic heterocycles. The van der Waals surface area contributed by atoms with Gasteiger partial charge in [0.1, 0.15) is 0 Å². The maximum Gasteiger partial charge on any atom is 0.225 e. The molecule has 0 N–H and O–H groups in total. The highest BCUT2D eigenvalue weighted by Crippen LogP contribution is 2.30. The van der Waals surface area contributed by atoms with Gasteiger partial charge in [-0.1, -0.05) is 5.11 Å². The molecule has 2 rings (SSSR count). The minimum absolute atomic E-state index is 0.191. The van der Waals surface area contributed by atoms with Crippen molar-refractivity contribution in [3.05, 3.63) is 28.9 Å². The summed E-state index contributed by atoms with van der Waals surface area (Å²) < 4.78 is 5.65. The monoisotopic (exact) mass is 261 g/mol. The maximum atomic E-state index is 8.33. The highest BCUT2D eigenvalue weighted by atomic mass is 16.5. The zero-order valence-electron chi connectivity index (χ0n) is 11.0. The lowest BCUT2D eigenvalue weighted by Gasteiger charge is -2.40. The van der Waals surface area contributed by atoms with Crippen LogP contribution in [0.3, 0.4) is 0 Å². The van der Waals surface area contributed by atoms with Gasteiger partial charge >= 0.3 is 0 Å². The summed E-state index contributed by atoms with van der Waals surface area (Å²) in [4.78, 5) is 13.3. The quantitative estimate of drug-likeness (QED) is 0.460. The number of nitrogens with zero attached hydrogens (tertiary/aromatic N) is 6. The molecule has 1 aliphatic rings. The van der Waals surface area contributed by atoms with Crippen molar-refractivity contribution in [2.45, 2.75) is 24.9 Å². The molecule has 0 atom stereocenters. The molecule has 0 unspecified atom stereocenters. The Hall–Kier alpha value is -1.85. The van der Waals surface area contributed by atoms with Gasteiger partial charge < -0.3 is 9.64 Å². The molecule has 0 saturated carbocycles. The molecule has 0 aliphatic carbocycles. The van der Waals surface area contributed by atoms with Crippen LogP contribution in [0.1, 0.15) is 19.3 Å². The summed E-state index contributed by atoms with van der Waals surface area (Å²) in [5.41, 5.74) is 8.14. The highest BCUT2D eigenvalue weighted by Gasteiger charge is 2.34. The van der Waals surface area contributed by atoms with E-state index in [9.17, 15) is 0 Å². The second kappa shape index (κ2) is 6.36. The zero-order valence-corrected chi connectivity index (χ0v) is 11.0. The van der Waals surface area contributed by atoms with Crippen LogP contribution in [0.2, 0.25) is 0 Å². The molecule has 101 valence electrons. The minimum atomic E-state index is -0.191. The number of hydrogen-bond donors (Lipinski definition) is 0. The fraction of sp³-hybridized carbons (Fsp3) is 0.667. The summed E-state index contributed by atoms with van der Waals surface area (Å²) in [5.74, 6) is 0.710. The third kappa shape index (κ3) is 3.33. The van der Waals surface area contributed by atoms with E-state index in [1.807, 2.05) is 0 Å². The van der Waals surface area contributed by atoms with Crippen molar-refractivity contribution in [3.63, 3.8) is 0 Å². The molecule has 0 aromatic carbocycles. The van der Waals surface area contributed by atoms with Crippen molar-refractivity contribution >= 4 is 5.95 Å². The minimum Gasteiger partial charge on any atom is -0.378 e. The molecule has 0 amide bonds. The molecule has 1 fully saturated rings. The molecule has 0 bridgehead atoms. The number of piperidine rings is 1. The van der Waals surface area contributed by atoms with E-state index in [4.69, 9.17) is 10.3 Å². The summed E-state index contributed by atoms with van der Waals surface area (Å²) in [6.45, 7) is 2.14. The van der Waals surface area contributed by atoms with Gasteiger partial charge in [-0.25, -0.2) is 9.97 Å². The van der Waals surface area contributed by atoms with Gasteiger partial charge in [-0.2, -0.15) is 0 Å². The largest absolute Gasteiger partial charge is 0.378 e. The molecule has 1 radical (unpaired) electrons. The molecule has 1 aromatic rings. The van der Waals surface area contributed by atoms with E-state index in [0.717, 1.165) is 32.4 Å². The number of rotatable bonds is 5. The van der Waals surface area contributed by atoms with Gasteiger partial charge in [0.15, 0.2) is 0 Å². The molecular weight excluding hydrogens is 244 g/mol. The van der Waals surface area contributed by atoms with Gasteiger partial charge in [-0.05, 0) is 30.9 Å². The van der Waals surface area contributed by atoms with Crippen molar-refractivity contribution in [1.82, 2.24) is 9.97 Å². The van der Waals surface area contributed by atoms with E-state index < -0.39 is 0 Å². The van der Waals surface area contributed by atoms with E-state index >= 15 is 0 Å². The predicted octanol–water partition coefficient (Wildman–Crippen LogP) is 1.96. The Morgan fingerprint density at radius 1 is 1.58 bits per heavy atom. The van der Waals surface area contributed by atoms with E-state index in [2.05, 4.69) is 31.1 Å². The van der Waals surface area contributed by atoms with E-state index in [1.54, 1.807) is 19.4 Å². The van der Waals surface area contributed by atoms with Gasteiger partial charge in [0.25, 0.3) is 0 Å². The lowest BCUT2D eigenvalue weighted by atomic mass is 9.88. The van der Waals surface area contributed by atoms with Gasteiger partial charge in [0.2, 0.25) is 5.95 Å². The van der Waals surface area contributed by atoms with Crippen LogP contribution in [0, 0.1) is 6.20 Å². The summed E-state index contributed by atoms with van der Waals surface area (Å²) in [7, 11) is 1.72. The smallest absolute Gasteiger partial charge is 0.225 e. The van der Waals surface area contributed by atoms with Crippen molar-refractivity contribution in [3.8, 4) is 0 Å². The number of ether oxygens (including phenoxy) is 1. The average molecular weight is 261 g/mol. The van der Waals surface area contributed by atoms with Gasteiger partial charge in [-0.15, -0.1) is 0 Å². The van der Waals surface area contributed by atoms with Crippen molar-refractivity contribution in [2.24, 2.45) is 5.11 Å². The van der Waals surface area contributed by atoms with Crippen molar-refractivity contribution in [1.29, 1.82) is 0 Å². The Morgan fingerprint density at radius 2 is 2.37 bits per heavy atom. The maximum absolute atomic E-state index is 8.33. The van der Waals surface area contributed by atoms with Crippen LogP contribution in [0.4, 0.5) is 5.95 Å². The second-order valence-electron chi connectivity index (χ2n) is 4.56. The third-order valence-electron chi connectivity index (χ3n) is 3.62. The van der Waals surface area contributed by atoms with Crippen LogP contribution in [-0.2, 0) is 4.74 Å². The molecule has 0 spiro atoms. The molecule has 7 heteroatoms. The van der Waals surface area contributed by atoms with Gasteiger partial charge in [0, 0.05) is 37.9 Å². The van der Waals surface area contributed by atoms with Crippen LogP contribution < -0.4 is 4.90 Å². The Bertz CT molecular complexity index is 437. The summed E-state index contributed by atoms with van der Waals surface area (Å²) in [6, 6.07) is 1.69. The Kier molecular flexibility index (Phi) is 4.54. The highest BCUT2D eigenvalue weighted by molar-refractivity contribution is 5.29. The summed E-state index contributed by atoms with van der Waals surface area (Å²) >= 11 is 0. The van der Waals surface area contributed by atoms with E-state index in [1.165, 1.54) is 0 Å². The van der Waals surface area contributed by atoms with Crippen LogP contribution >= 0.6 is 0 Å². The number of methoxy groups -OCH3 is 1. The third-order valence-corrected chi connectivity index (χ3v) is 3.62. The fourth-order valence-corrected chi connectivity index (χ4v) is 2.38. The van der Waals surface area contributed by atoms with E-state index in [0.29, 0.717) is 12.5 Å². The topological polar surface area (TPSA) is 87.0 Å². The number of aromatic nitrogens is 2. The first kappa shape index (κ1) is 13.6. The van der Waals surface area contributed by atoms with Gasteiger partial charge in [-0.3, -0.25) is 0 Å². The van der Waals surface area contributed by atoms with Crippen molar-refractivity contribution in [2.75, 3.05) is 31.6 Å². The molecule has 1 saturated heterocycles. The fourth-order valence-electron chi connectivity index (χ4n) is 2.38. The molecular formula is C12H17N6O. The normalized spacial score (nSPS) is 17.8. The standard InChI is InChI=1S/C12H17N6O/c1-19-12(3-8-16-17-13)4-9-18(10-5-12)11-14-6-2-7-15-11/h2,6H,3-5,8-10H2,1H3. The molecule has 19 heavy (non-hydrogen) atoms. The van der Waals surface area contributed by atoms with Crippen LogP contribution in [-0.4, -0.2) is 42.3 Å². The predicted molar refractivity (Wildman–Crippen MR) is 70.7 cm³/mol. The first-order valence-corrected chi connectivity index (χ1v) is 6.30. The molecule has 2 heterocycles. The second-order valence-corrected chi connectivity index (χ2v) is 4.56. The zero-order chi connectivity index (χ0) is 13.6. The Balaban J connectivity index is 1.94. The van der Waals surface area contributed by atoms with Crippen LogP contribution in [0.5, 0.6) is 0 Å². The first-order valence-electron chi connectivity index (χ1n) is 6.30.